The molecule has 9 heteroatoms. The van der Waals surface area contributed by atoms with Crippen LogP contribution in [0.25, 0.3) is 0 Å². The summed E-state index contributed by atoms with van der Waals surface area (Å²) in [6.45, 7) is 12.0. The molecule has 2 bridgehead atoms. The van der Waals surface area contributed by atoms with E-state index in [1.54, 1.807) is 13.8 Å². The second kappa shape index (κ2) is 12.4. The molecule has 0 radical (unpaired) electrons. The lowest BCUT2D eigenvalue weighted by molar-refractivity contribution is -0.133. The predicted octanol–water partition coefficient (Wildman–Crippen LogP) is 4.25. The quantitative estimate of drug-likeness (QED) is 0.483. The van der Waals surface area contributed by atoms with Crippen LogP contribution >= 0.6 is 0 Å². The predicted molar refractivity (Wildman–Crippen MR) is 167 cm³/mol. The molecular weight excluding hydrogens is 540 g/mol. The van der Waals surface area contributed by atoms with E-state index in [0.29, 0.717) is 37.8 Å². The van der Waals surface area contributed by atoms with Gasteiger partial charge in [0.2, 0.25) is 17.7 Å². The van der Waals surface area contributed by atoms with Crippen LogP contribution in [0.15, 0.2) is 24.3 Å². The Morgan fingerprint density at radius 2 is 1.51 bits per heavy atom. The highest BCUT2D eigenvalue weighted by molar-refractivity contribution is 5.95. The van der Waals surface area contributed by atoms with Crippen LogP contribution in [0.5, 0.6) is 0 Å². The maximum atomic E-state index is 13.8. The summed E-state index contributed by atoms with van der Waals surface area (Å²) in [5.74, 6) is 1.50. The lowest BCUT2D eigenvalue weighted by atomic mass is 9.94. The number of anilines is 1. The van der Waals surface area contributed by atoms with E-state index in [0.717, 1.165) is 75.4 Å². The Kier molecular flexibility index (Phi) is 8.63. The first kappa shape index (κ1) is 29.9. The van der Waals surface area contributed by atoms with Gasteiger partial charge in [-0.05, 0) is 70.9 Å². The molecule has 5 heterocycles. The molecule has 3 saturated heterocycles. The molecule has 43 heavy (non-hydrogen) atoms. The summed E-state index contributed by atoms with van der Waals surface area (Å²) in [5, 5.41) is 0. The maximum Gasteiger partial charge on any atom is 0.230 e. The fourth-order valence-electron chi connectivity index (χ4n) is 8.28. The average molecular weight is 589 g/mol. The summed E-state index contributed by atoms with van der Waals surface area (Å²) in [4.78, 5) is 51.1. The highest BCUT2D eigenvalue weighted by atomic mass is 16.2. The standard InChI is InChI=1S/C34H48N6O3/c1-23-6-8-28(9-7-23)39(34(43)27-12-17-36(18-13-27)25(3)41)16-5-15-38-29-10-11-30(38)21-31(20-29)40-24(2)35-32-22-37(26(4)42)19-14-33(32)40/h6-9,27,29-31H,5,10-22H2,1-4H3. The molecule has 2 unspecified atom stereocenters. The van der Waals surface area contributed by atoms with Crippen molar-refractivity contribution in [3.63, 3.8) is 0 Å². The summed E-state index contributed by atoms with van der Waals surface area (Å²) in [7, 11) is 0. The number of imidazole rings is 1. The van der Waals surface area contributed by atoms with Gasteiger partial charge in [0, 0.05) is 88.4 Å². The molecule has 0 aliphatic carbocycles. The molecule has 9 nitrogen and oxygen atoms in total. The van der Waals surface area contributed by atoms with Crippen molar-refractivity contribution >= 4 is 23.4 Å². The van der Waals surface area contributed by atoms with Gasteiger partial charge in [0.15, 0.2) is 0 Å². The fourth-order valence-corrected chi connectivity index (χ4v) is 8.28. The first-order chi connectivity index (χ1) is 20.7. The number of piperidine rings is 2. The first-order valence-electron chi connectivity index (χ1n) is 16.4. The molecule has 3 fully saturated rings. The van der Waals surface area contributed by atoms with Crippen LogP contribution in [0.2, 0.25) is 0 Å². The third kappa shape index (κ3) is 6.10. The fraction of sp³-hybridized carbons (Fsp3) is 0.647. The smallest absolute Gasteiger partial charge is 0.230 e. The highest BCUT2D eigenvalue weighted by Crippen LogP contribution is 2.42. The topological polar surface area (TPSA) is 82.0 Å². The number of aryl methyl sites for hydroxylation is 2. The summed E-state index contributed by atoms with van der Waals surface area (Å²) < 4.78 is 2.52. The first-order valence-corrected chi connectivity index (χ1v) is 16.4. The van der Waals surface area contributed by atoms with Gasteiger partial charge in [-0.15, -0.1) is 0 Å². The number of hydrogen-bond donors (Lipinski definition) is 0. The molecule has 2 atom stereocenters. The molecule has 0 saturated carbocycles. The van der Waals surface area contributed by atoms with Gasteiger partial charge in [-0.25, -0.2) is 4.98 Å². The maximum absolute atomic E-state index is 13.8. The summed E-state index contributed by atoms with van der Waals surface area (Å²) in [6.07, 6.45) is 8.09. The van der Waals surface area contributed by atoms with Gasteiger partial charge < -0.3 is 19.3 Å². The number of fused-ring (bicyclic) bond motifs is 3. The second-order valence-corrected chi connectivity index (χ2v) is 13.3. The van der Waals surface area contributed by atoms with Gasteiger partial charge in [0.05, 0.1) is 12.2 Å². The van der Waals surface area contributed by atoms with Crippen LogP contribution in [0.3, 0.4) is 0 Å². The van der Waals surface area contributed by atoms with Crippen LogP contribution in [-0.4, -0.2) is 86.8 Å². The van der Waals surface area contributed by atoms with Crippen LogP contribution in [0.4, 0.5) is 5.69 Å². The van der Waals surface area contributed by atoms with Crippen molar-refractivity contribution in [3.8, 4) is 0 Å². The molecule has 1 aromatic carbocycles. The number of hydrogen-bond acceptors (Lipinski definition) is 5. The summed E-state index contributed by atoms with van der Waals surface area (Å²) >= 11 is 0. The Bertz CT molecular complexity index is 1330. The summed E-state index contributed by atoms with van der Waals surface area (Å²) in [6, 6.07) is 9.95. The molecule has 4 aliphatic heterocycles. The zero-order valence-electron chi connectivity index (χ0n) is 26.4. The molecule has 0 N–H and O–H groups in total. The van der Waals surface area contributed by atoms with E-state index in [4.69, 9.17) is 4.98 Å². The number of carbonyl (C=O) groups is 3. The van der Waals surface area contributed by atoms with Crippen LogP contribution in [0.1, 0.15) is 87.6 Å². The molecule has 3 amide bonds. The number of rotatable bonds is 7. The van der Waals surface area contributed by atoms with E-state index in [-0.39, 0.29) is 23.6 Å². The molecule has 6 rings (SSSR count). The molecule has 232 valence electrons. The summed E-state index contributed by atoms with van der Waals surface area (Å²) in [5.41, 5.74) is 4.60. The van der Waals surface area contributed by atoms with Crippen molar-refractivity contribution in [2.45, 2.75) is 104 Å². The molecule has 4 aliphatic rings. The third-order valence-corrected chi connectivity index (χ3v) is 10.6. The average Bonchev–Trinajstić information content (AvgIpc) is 3.45. The minimum absolute atomic E-state index is 0.0318. The number of carbonyl (C=O) groups excluding carboxylic acids is 3. The van der Waals surface area contributed by atoms with Gasteiger partial charge in [-0.1, -0.05) is 17.7 Å². The van der Waals surface area contributed by atoms with Crippen molar-refractivity contribution < 1.29 is 14.4 Å². The van der Waals surface area contributed by atoms with E-state index in [9.17, 15) is 14.4 Å². The SMILES string of the molecule is CC(=O)N1CCC(C(=O)N(CCCN2C3CCC2CC(n2c(C)nc4c2CCN(C(C)=O)C4)C3)c2ccc(C)cc2)CC1. The van der Waals surface area contributed by atoms with Gasteiger partial charge in [0.1, 0.15) is 5.82 Å². The van der Waals surface area contributed by atoms with Gasteiger partial charge in [-0.2, -0.15) is 0 Å². The number of likely N-dealkylation sites (tertiary alicyclic amines) is 1. The number of nitrogens with zero attached hydrogens (tertiary/aromatic N) is 6. The molecule has 2 aromatic rings. The number of amides is 3. The van der Waals surface area contributed by atoms with E-state index in [2.05, 4.69) is 47.6 Å². The Labute approximate surface area is 256 Å². The Morgan fingerprint density at radius 1 is 0.860 bits per heavy atom. The zero-order chi connectivity index (χ0) is 30.2. The van der Waals surface area contributed by atoms with Gasteiger partial charge in [-0.3, -0.25) is 19.3 Å². The third-order valence-electron chi connectivity index (χ3n) is 10.6. The highest BCUT2D eigenvalue weighted by Gasteiger charge is 2.42. The zero-order valence-corrected chi connectivity index (χ0v) is 26.4. The van der Waals surface area contributed by atoms with Crippen molar-refractivity contribution in [2.24, 2.45) is 5.92 Å². The second-order valence-electron chi connectivity index (χ2n) is 13.3. The van der Waals surface area contributed by atoms with Gasteiger partial charge >= 0.3 is 0 Å². The van der Waals surface area contributed by atoms with Crippen LogP contribution in [0, 0.1) is 19.8 Å². The van der Waals surface area contributed by atoms with Crippen molar-refractivity contribution in [2.75, 3.05) is 37.6 Å². The lowest BCUT2D eigenvalue weighted by Gasteiger charge is -2.41. The minimum Gasteiger partial charge on any atom is -0.343 e. The normalized spacial score (nSPS) is 24.2. The molecule has 1 aromatic heterocycles. The van der Waals surface area contributed by atoms with Crippen molar-refractivity contribution in [1.82, 2.24) is 24.3 Å². The monoisotopic (exact) mass is 588 g/mol. The number of benzene rings is 1. The van der Waals surface area contributed by atoms with E-state index in [1.165, 1.54) is 24.1 Å². The van der Waals surface area contributed by atoms with Crippen molar-refractivity contribution in [3.05, 3.63) is 47.0 Å². The van der Waals surface area contributed by atoms with E-state index >= 15 is 0 Å². The molecule has 0 spiro atoms. The Morgan fingerprint density at radius 3 is 2.14 bits per heavy atom. The minimum atomic E-state index is -0.0318. The lowest BCUT2D eigenvalue weighted by Crippen LogP contribution is -2.46. The van der Waals surface area contributed by atoms with Crippen molar-refractivity contribution in [1.29, 1.82) is 0 Å². The van der Waals surface area contributed by atoms with Gasteiger partial charge in [0.25, 0.3) is 0 Å². The Balaban J connectivity index is 1.09. The van der Waals surface area contributed by atoms with Crippen LogP contribution in [-0.2, 0) is 27.3 Å². The number of aromatic nitrogens is 2. The molecular formula is C34H48N6O3. The van der Waals surface area contributed by atoms with E-state index in [1.807, 2.05) is 14.7 Å². The Hall–Kier alpha value is -3.20. The van der Waals surface area contributed by atoms with Crippen LogP contribution < -0.4 is 4.90 Å². The largest absolute Gasteiger partial charge is 0.343 e. The van der Waals surface area contributed by atoms with E-state index < -0.39 is 0 Å².